The van der Waals surface area contributed by atoms with E-state index in [1.165, 1.54) is 18.4 Å². The summed E-state index contributed by atoms with van der Waals surface area (Å²) in [6.07, 6.45) is 7.27. The molecule has 1 aromatic heterocycles. The van der Waals surface area contributed by atoms with E-state index in [4.69, 9.17) is 0 Å². The van der Waals surface area contributed by atoms with Crippen LogP contribution in [0.2, 0.25) is 0 Å². The molecule has 0 aliphatic rings. The van der Waals surface area contributed by atoms with Gasteiger partial charge in [0.05, 0.1) is 0 Å². The average molecular weight is 221 g/mol. The van der Waals surface area contributed by atoms with E-state index in [0.29, 0.717) is 0 Å². The number of hydrogen-bond acceptors (Lipinski definition) is 3. The zero-order chi connectivity index (χ0) is 12.0. The lowest BCUT2D eigenvalue weighted by Gasteiger charge is -2.18. The van der Waals surface area contributed by atoms with Crippen LogP contribution in [0.15, 0.2) is 12.4 Å². The second-order valence-corrected chi connectivity index (χ2v) is 4.47. The lowest BCUT2D eigenvalue weighted by Crippen LogP contribution is -2.22. The predicted octanol–water partition coefficient (Wildman–Crippen LogP) is 2.91. The molecular weight excluding hydrogens is 198 g/mol. The third-order valence-electron chi connectivity index (χ3n) is 3.10. The van der Waals surface area contributed by atoms with Gasteiger partial charge in [-0.15, -0.1) is 0 Å². The summed E-state index contributed by atoms with van der Waals surface area (Å²) in [6.45, 7) is 7.66. The van der Waals surface area contributed by atoms with Crippen LogP contribution in [0.3, 0.4) is 0 Å². The Bertz CT molecular complexity index is 295. The fourth-order valence-corrected chi connectivity index (χ4v) is 1.45. The molecule has 0 bridgehead atoms. The predicted molar refractivity (Wildman–Crippen MR) is 68.8 cm³/mol. The number of rotatable bonds is 6. The molecule has 0 amide bonds. The van der Waals surface area contributed by atoms with Gasteiger partial charge in [-0.3, -0.25) is 0 Å². The smallest absolute Gasteiger partial charge is 0.224 e. The van der Waals surface area contributed by atoms with Gasteiger partial charge in [0.15, 0.2) is 0 Å². The normalized spacial score (nSPS) is 12.5. The summed E-state index contributed by atoms with van der Waals surface area (Å²) in [4.78, 5) is 10.9. The van der Waals surface area contributed by atoms with Crippen molar-refractivity contribution in [3.05, 3.63) is 18.0 Å². The molecule has 0 fully saturated rings. The first-order valence-corrected chi connectivity index (χ1v) is 6.19. The Morgan fingerprint density at radius 3 is 2.38 bits per heavy atom. The van der Waals surface area contributed by atoms with Gasteiger partial charge in [0.1, 0.15) is 0 Å². The molecule has 0 saturated carbocycles. The summed E-state index contributed by atoms with van der Waals surface area (Å²) in [6, 6.07) is 0. The Hall–Kier alpha value is -1.12. The molecule has 1 rings (SSSR count). The van der Waals surface area contributed by atoms with Crippen LogP contribution in [0.1, 0.15) is 39.2 Å². The molecule has 0 N–H and O–H groups in total. The summed E-state index contributed by atoms with van der Waals surface area (Å²) in [5, 5.41) is 0. The van der Waals surface area contributed by atoms with E-state index in [1.54, 1.807) is 0 Å². The van der Waals surface area contributed by atoms with Crippen LogP contribution in [-0.4, -0.2) is 23.6 Å². The monoisotopic (exact) mass is 221 g/mol. The number of anilines is 1. The van der Waals surface area contributed by atoms with Crippen LogP contribution < -0.4 is 4.90 Å². The quantitative estimate of drug-likeness (QED) is 0.739. The van der Waals surface area contributed by atoms with Crippen molar-refractivity contribution in [2.75, 3.05) is 18.5 Å². The fourth-order valence-electron chi connectivity index (χ4n) is 1.45. The van der Waals surface area contributed by atoms with Crippen LogP contribution >= 0.6 is 0 Å². The van der Waals surface area contributed by atoms with Crippen molar-refractivity contribution in [2.24, 2.45) is 5.92 Å². The van der Waals surface area contributed by atoms with Crippen LogP contribution in [0, 0.1) is 5.92 Å². The van der Waals surface area contributed by atoms with Gasteiger partial charge in [-0.1, -0.05) is 27.2 Å². The lowest BCUT2D eigenvalue weighted by molar-refractivity contribution is 0.516. The number of nitrogens with zero attached hydrogens (tertiary/aromatic N) is 3. The maximum Gasteiger partial charge on any atom is 0.224 e. The van der Waals surface area contributed by atoms with Gasteiger partial charge >= 0.3 is 0 Å². The first-order valence-electron chi connectivity index (χ1n) is 6.19. The molecule has 16 heavy (non-hydrogen) atoms. The number of aromatic nitrogens is 2. The Morgan fingerprint density at radius 2 is 1.88 bits per heavy atom. The van der Waals surface area contributed by atoms with Gasteiger partial charge in [-0.05, 0) is 24.3 Å². The van der Waals surface area contributed by atoms with E-state index in [0.717, 1.165) is 24.8 Å². The standard InChI is InChI=1S/C13H23N3/c1-5-11(3)7-8-16(4)13-14-9-12(6-2)10-15-13/h9-11H,5-8H2,1-4H3. The summed E-state index contributed by atoms with van der Waals surface area (Å²) in [5.74, 6) is 1.61. The molecule has 1 heterocycles. The third-order valence-corrected chi connectivity index (χ3v) is 3.10. The van der Waals surface area contributed by atoms with Crippen molar-refractivity contribution in [2.45, 2.75) is 40.0 Å². The van der Waals surface area contributed by atoms with Gasteiger partial charge in [-0.25, -0.2) is 9.97 Å². The van der Waals surface area contributed by atoms with E-state index in [9.17, 15) is 0 Å². The molecule has 0 saturated heterocycles. The second kappa shape index (κ2) is 6.46. The SMILES string of the molecule is CCc1cnc(N(C)CCC(C)CC)nc1. The molecule has 1 aromatic rings. The lowest BCUT2D eigenvalue weighted by atomic mass is 10.1. The molecule has 3 nitrogen and oxygen atoms in total. The Labute approximate surface area is 98.9 Å². The zero-order valence-electron chi connectivity index (χ0n) is 10.9. The summed E-state index contributed by atoms with van der Waals surface area (Å²) < 4.78 is 0. The summed E-state index contributed by atoms with van der Waals surface area (Å²) in [5.41, 5.74) is 1.19. The molecule has 0 spiro atoms. The highest BCUT2D eigenvalue weighted by Gasteiger charge is 2.06. The molecule has 1 atom stereocenters. The minimum atomic E-state index is 0.775. The van der Waals surface area contributed by atoms with Crippen LogP contribution in [0.5, 0.6) is 0 Å². The van der Waals surface area contributed by atoms with Gasteiger partial charge in [0.25, 0.3) is 0 Å². The van der Waals surface area contributed by atoms with Crippen molar-refractivity contribution in [1.29, 1.82) is 0 Å². The molecule has 1 unspecified atom stereocenters. The van der Waals surface area contributed by atoms with Crippen molar-refractivity contribution in [3.63, 3.8) is 0 Å². The summed E-state index contributed by atoms with van der Waals surface area (Å²) in [7, 11) is 2.06. The van der Waals surface area contributed by atoms with Crippen LogP contribution in [-0.2, 0) is 6.42 Å². The van der Waals surface area contributed by atoms with E-state index >= 15 is 0 Å². The number of hydrogen-bond donors (Lipinski definition) is 0. The minimum absolute atomic E-state index is 0.775. The minimum Gasteiger partial charge on any atom is -0.344 e. The third kappa shape index (κ3) is 3.80. The van der Waals surface area contributed by atoms with Crippen molar-refractivity contribution in [3.8, 4) is 0 Å². The molecule has 0 aromatic carbocycles. The molecule has 90 valence electrons. The Morgan fingerprint density at radius 1 is 1.25 bits per heavy atom. The molecule has 3 heteroatoms. The van der Waals surface area contributed by atoms with Gasteiger partial charge < -0.3 is 4.90 Å². The van der Waals surface area contributed by atoms with Crippen LogP contribution in [0.4, 0.5) is 5.95 Å². The maximum absolute atomic E-state index is 4.37. The van der Waals surface area contributed by atoms with Crippen molar-refractivity contribution in [1.82, 2.24) is 9.97 Å². The van der Waals surface area contributed by atoms with E-state index in [-0.39, 0.29) is 0 Å². The summed E-state index contributed by atoms with van der Waals surface area (Å²) >= 11 is 0. The van der Waals surface area contributed by atoms with E-state index < -0.39 is 0 Å². The average Bonchev–Trinajstić information content (AvgIpc) is 2.35. The van der Waals surface area contributed by atoms with E-state index in [2.05, 4.69) is 42.7 Å². The van der Waals surface area contributed by atoms with Crippen LogP contribution in [0.25, 0.3) is 0 Å². The largest absolute Gasteiger partial charge is 0.344 e. The van der Waals surface area contributed by atoms with E-state index in [1.807, 2.05) is 12.4 Å². The first kappa shape index (κ1) is 12.9. The molecule has 0 aliphatic heterocycles. The van der Waals surface area contributed by atoms with Gasteiger partial charge in [-0.2, -0.15) is 0 Å². The highest BCUT2D eigenvalue weighted by molar-refractivity contribution is 5.28. The first-order chi connectivity index (χ1) is 7.67. The van der Waals surface area contributed by atoms with Gasteiger partial charge in [0.2, 0.25) is 5.95 Å². The molecular formula is C13H23N3. The highest BCUT2D eigenvalue weighted by Crippen LogP contribution is 2.10. The molecule has 0 aliphatic carbocycles. The maximum atomic E-state index is 4.37. The fraction of sp³-hybridized carbons (Fsp3) is 0.692. The Kier molecular flexibility index (Phi) is 5.23. The van der Waals surface area contributed by atoms with Crippen molar-refractivity contribution >= 4 is 5.95 Å². The zero-order valence-corrected chi connectivity index (χ0v) is 10.9. The van der Waals surface area contributed by atoms with Crippen molar-refractivity contribution < 1.29 is 0 Å². The Balaban J connectivity index is 2.49. The highest BCUT2D eigenvalue weighted by atomic mass is 15.2. The topological polar surface area (TPSA) is 29.0 Å². The second-order valence-electron chi connectivity index (χ2n) is 4.47. The van der Waals surface area contributed by atoms with Gasteiger partial charge in [0, 0.05) is 26.0 Å². The number of aryl methyl sites for hydroxylation is 1. The molecule has 0 radical (unpaired) electrons.